The van der Waals surface area contributed by atoms with E-state index < -0.39 is 117 Å². The summed E-state index contributed by atoms with van der Waals surface area (Å²) in [5.74, 6) is -57.2. The summed E-state index contributed by atoms with van der Waals surface area (Å²) in [4.78, 5) is 24.3. The minimum Gasteiger partial charge on any atom is -0.497 e. The lowest BCUT2D eigenvalue weighted by Crippen LogP contribution is -2.74. The molecular formula is C41H47F17N2O8Si. The van der Waals surface area contributed by atoms with Gasteiger partial charge < -0.3 is 23.4 Å². The first-order valence-corrected chi connectivity index (χ1v) is 22.3. The Morgan fingerprint density at radius 3 is 1.62 bits per heavy atom. The molecule has 2 atom stereocenters. The molecule has 2 aromatic carbocycles. The Morgan fingerprint density at radius 1 is 0.667 bits per heavy atom. The molecule has 10 nitrogen and oxygen atoms in total. The summed E-state index contributed by atoms with van der Waals surface area (Å²) >= 11 is 0. The number of benzene rings is 2. The Hall–Kier alpha value is -4.83. The van der Waals surface area contributed by atoms with Crippen LogP contribution in [0.3, 0.4) is 0 Å². The number of ether oxygens (including phenoxy) is 4. The molecule has 2 rings (SSSR count). The SMILES string of the molecule is COc1ccc(NC(=O)O[C@@H](c2ccc(OCCO[Si](CCC(F)(F)C(F)(F)C(F)(F)C(F)(F)C(F)(F)C(F)(F)C(F)(F)C(F)(F)F)(C(C)C)C(C)C)cc2)[C@H](C/C=C/C=C/C(=O)NO)OC)cc1. The topological polar surface area (TPSA) is 125 Å². The summed E-state index contributed by atoms with van der Waals surface area (Å²) in [5.41, 5.74) is 0.230. The summed E-state index contributed by atoms with van der Waals surface area (Å²) in [6.45, 7) is 4.21. The van der Waals surface area contributed by atoms with Crippen molar-refractivity contribution in [3.05, 3.63) is 78.4 Å². The average Bonchev–Trinajstić information content (AvgIpc) is 3.26. The second kappa shape index (κ2) is 22.9. The van der Waals surface area contributed by atoms with Crippen LogP contribution in [-0.2, 0) is 18.7 Å². The number of hydrogen-bond donors (Lipinski definition) is 3. The van der Waals surface area contributed by atoms with E-state index in [4.69, 9.17) is 28.6 Å². The van der Waals surface area contributed by atoms with Crippen molar-refractivity contribution in [1.82, 2.24) is 5.48 Å². The highest BCUT2D eigenvalue weighted by atomic mass is 28.4. The molecule has 0 aromatic heterocycles. The van der Waals surface area contributed by atoms with Gasteiger partial charge in [-0.05, 0) is 65.5 Å². The molecular weight excluding hydrogens is 1000 g/mol. The van der Waals surface area contributed by atoms with Crippen molar-refractivity contribution in [2.24, 2.45) is 0 Å². The summed E-state index contributed by atoms with van der Waals surface area (Å²) in [6.07, 6.45) is -8.03. The number of hydrogen-bond acceptors (Lipinski definition) is 8. The van der Waals surface area contributed by atoms with Crippen LogP contribution in [0.25, 0.3) is 0 Å². The van der Waals surface area contributed by atoms with Crippen molar-refractivity contribution >= 4 is 26.0 Å². The van der Waals surface area contributed by atoms with Crippen molar-refractivity contribution in [2.75, 3.05) is 32.8 Å². The Balaban J connectivity index is 2.33. The van der Waals surface area contributed by atoms with Crippen LogP contribution in [0.1, 0.15) is 52.2 Å². The van der Waals surface area contributed by atoms with Crippen LogP contribution in [0.4, 0.5) is 85.1 Å². The number of methoxy groups -OCH3 is 2. The highest BCUT2D eigenvalue weighted by Gasteiger charge is 2.95. The van der Waals surface area contributed by atoms with Gasteiger partial charge in [-0.1, -0.05) is 58.1 Å². The van der Waals surface area contributed by atoms with Crippen LogP contribution in [0, 0.1) is 0 Å². The molecule has 0 aliphatic carbocycles. The van der Waals surface area contributed by atoms with Crippen molar-refractivity contribution in [2.45, 2.75) is 118 Å². The Labute approximate surface area is 384 Å². The van der Waals surface area contributed by atoms with Crippen molar-refractivity contribution in [3.63, 3.8) is 0 Å². The molecule has 2 aromatic rings. The second-order valence-corrected chi connectivity index (χ2v) is 20.6. The summed E-state index contributed by atoms with van der Waals surface area (Å²) in [5, 5.41) is 11.2. The van der Waals surface area contributed by atoms with E-state index in [1.54, 1.807) is 18.2 Å². The molecule has 0 saturated carbocycles. The third-order valence-electron chi connectivity index (χ3n) is 10.7. The van der Waals surface area contributed by atoms with E-state index in [1.807, 2.05) is 0 Å². The molecule has 0 saturated heterocycles. The van der Waals surface area contributed by atoms with E-state index in [0.29, 0.717) is 17.0 Å². The highest BCUT2D eigenvalue weighted by Crippen LogP contribution is 2.64. The Morgan fingerprint density at radius 2 is 1.16 bits per heavy atom. The number of carbonyl (C=O) groups is 2. The van der Waals surface area contributed by atoms with Gasteiger partial charge in [0.05, 0.1) is 13.7 Å². The van der Waals surface area contributed by atoms with Gasteiger partial charge in [-0.15, -0.1) is 0 Å². The predicted molar refractivity (Wildman–Crippen MR) is 213 cm³/mol. The highest BCUT2D eigenvalue weighted by molar-refractivity contribution is 6.76. The van der Waals surface area contributed by atoms with Crippen molar-refractivity contribution in [1.29, 1.82) is 0 Å². The zero-order chi connectivity index (χ0) is 53.2. The third kappa shape index (κ3) is 12.9. The second-order valence-electron chi connectivity index (χ2n) is 15.6. The lowest BCUT2D eigenvalue weighted by molar-refractivity contribution is -0.461. The predicted octanol–water partition coefficient (Wildman–Crippen LogP) is 12.6. The molecule has 0 unspecified atom stereocenters. The van der Waals surface area contributed by atoms with Crippen LogP contribution < -0.4 is 20.3 Å². The standard InChI is InChI=1S/C41H47F17N2O8Si/c1-24(2)69(25(3)4,23-20-34(42,43)35(44,45)36(46,47)37(48,49)38(50,51)39(52,53)40(54,55)41(56,57)58)67-22-21-66-29-16-12-26(13-17-29)32(30(65-6)10-8-7-9-11-31(61)60-63)68-33(62)59-27-14-18-28(64-5)19-15-27/h7-9,11-19,24-25,30,32,63H,10,20-23H2,1-6H3,(H,59,62)(H,60,61)/b8-7+,11-9+/t30-,32-/m0/s1. The Bertz CT molecular complexity index is 2030. The van der Waals surface area contributed by atoms with Crippen LogP contribution in [0.15, 0.2) is 72.8 Å². The number of hydroxylamine groups is 1. The van der Waals surface area contributed by atoms with E-state index in [1.165, 1.54) is 95.9 Å². The molecule has 0 radical (unpaired) electrons. The van der Waals surface area contributed by atoms with Crippen LogP contribution >= 0.6 is 0 Å². The van der Waals surface area contributed by atoms with E-state index in [0.717, 1.165) is 6.08 Å². The maximum Gasteiger partial charge on any atom is 0.460 e. The minimum atomic E-state index is -8.71. The molecule has 28 heteroatoms. The average molecular weight is 1050 g/mol. The first-order chi connectivity index (χ1) is 31.5. The van der Waals surface area contributed by atoms with E-state index >= 15 is 8.78 Å². The number of halogens is 17. The summed E-state index contributed by atoms with van der Waals surface area (Å²) < 4.78 is 264. The fourth-order valence-corrected chi connectivity index (χ4v) is 11.1. The zero-order valence-electron chi connectivity index (χ0n) is 37.0. The largest absolute Gasteiger partial charge is 0.497 e. The molecule has 0 spiro atoms. The normalized spacial score (nSPS) is 14.9. The number of nitrogens with one attached hydrogen (secondary N) is 2. The van der Waals surface area contributed by atoms with Gasteiger partial charge in [0.15, 0.2) is 14.4 Å². The number of anilines is 1. The van der Waals surface area contributed by atoms with Gasteiger partial charge >= 0.3 is 53.7 Å². The number of rotatable bonds is 26. The lowest BCUT2D eigenvalue weighted by Gasteiger charge is -2.44. The number of carbonyl (C=O) groups excluding carboxylic acids is 2. The minimum absolute atomic E-state index is 0.0786. The summed E-state index contributed by atoms with van der Waals surface area (Å²) in [7, 11) is -1.30. The molecule has 0 aliphatic rings. The smallest absolute Gasteiger partial charge is 0.460 e. The molecule has 2 amide bonds. The first kappa shape index (κ1) is 60.3. The molecule has 0 bridgehead atoms. The molecule has 69 heavy (non-hydrogen) atoms. The Kier molecular flexibility index (Phi) is 20.0. The molecule has 0 aliphatic heterocycles. The van der Waals surface area contributed by atoms with Gasteiger partial charge in [-0.25, -0.2) is 10.3 Å². The van der Waals surface area contributed by atoms with Crippen molar-refractivity contribution < 1.29 is 113 Å². The van der Waals surface area contributed by atoms with Gasteiger partial charge in [-0.2, -0.15) is 74.6 Å². The van der Waals surface area contributed by atoms with Crippen LogP contribution in [0.2, 0.25) is 17.1 Å². The molecule has 392 valence electrons. The van der Waals surface area contributed by atoms with Gasteiger partial charge in [-0.3, -0.25) is 15.3 Å². The number of allylic oxidation sites excluding steroid dienone is 2. The quantitative estimate of drug-likeness (QED) is 0.0162. The molecule has 3 N–H and O–H groups in total. The number of amides is 2. The third-order valence-corrected chi connectivity index (χ3v) is 16.4. The van der Waals surface area contributed by atoms with E-state index in [2.05, 4.69) is 5.32 Å². The van der Waals surface area contributed by atoms with Crippen LogP contribution in [-0.4, -0.2) is 107 Å². The van der Waals surface area contributed by atoms with Crippen LogP contribution in [0.5, 0.6) is 11.5 Å². The van der Waals surface area contributed by atoms with Crippen molar-refractivity contribution in [3.8, 4) is 11.5 Å². The van der Waals surface area contributed by atoms with E-state index in [9.17, 15) is 75.4 Å². The maximum atomic E-state index is 15.0. The monoisotopic (exact) mass is 1050 g/mol. The summed E-state index contributed by atoms with van der Waals surface area (Å²) in [6, 6.07) is 10.4. The molecule has 0 fully saturated rings. The lowest BCUT2D eigenvalue weighted by atomic mass is 9.88. The van der Waals surface area contributed by atoms with Gasteiger partial charge in [0.25, 0.3) is 5.91 Å². The number of alkyl halides is 17. The zero-order valence-corrected chi connectivity index (χ0v) is 38.0. The van der Waals surface area contributed by atoms with E-state index in [-0.39, 0.29) is 12.2 Å². The maximum absolute atomic E-state index is 15.0. The van der Waals surface area contributed by atoms with Gasteiger partial charge in [0.1, 0.15) is 24.2 Å². The fourth-order valence-electron chi connectivity index (χ4n) is 6.61. The van der Waals surface area contributed by atoms with Gasteiger partial charge in [0.2, 0.25) is 0 Å². The first-order valence-electron chi connectivity index (χ1n) is 20.0. The fraction of sp³-hybridized carbons (Fsp3) is 0.561. The molecule has 0 heterocycles. The van der Waals surface area contributed by atoms with Gasteiger partial charge in [0, 0.05) is 25.3 Å².